The molecule has 0 atom stereocenters. The van der Waals surface area contributed by atoms with Crippen molar-refractivity contribution in [2.45, 2.75) is 0 Å². The van der Waals surface area contributed by atoms with Crippen LogP contribution in [0.4, 0.5) is 11.6 Å². The van der Waals surface area contributed by atoms with Gasteiger partial charge in [0.1, 0.15) is 5.69 Å². The Bertz CT molecular complexity index is 981. The fraction of sp³-hybridized carbons (Fsp3) is 0.250. The average molecular weight is 398 g/mol. The Labute approximate surface area is 167 Å². The number of nitrogens with zero attached hydrogens (tertiary/aromatic N) is 4. The molecule has 0 radical (unpaired) electrons. The largest absolute Gasteiger partial charge is 0.378 e. The number of carbonyl (C=O) groups excluding carboxylic acids is 1. The maximum Gasteiger partial charge on any atom is 0.272 e. The van der Waals surface area contributed by atoms with Crippen LogP contribution in [0.2, 0.25) is 5.02 Å². The molecule has 7 nitrogen and oxygen atoms in total. The third kappa shape index (κ3) is 4.00. The summed E-state index contributed by atoms with van der Waals surface area (Å²) in [5.74, 6) is 0.490. The highest BCUT2D eigenvalue weighted by molar-refractivity contribution is 6.30. The van der Waals surface area contributed by atoms with Gasteiger partial charge < -0.3 is 19.5 Å². The molecule has 144 valence electrons. The Morgan fingerprint density at radius 2 is 1.89 bits per heavy atom. The van der Waals surface area contributed by atoms with E-state index in [0.29, 0.717) is 35.6 Å². The summed E-state index contributed by atoms with van der Waals surface area (Å²) in [5.41, 5.74) is 2.92. The van der Waals surface area contributed by atoms with Gasteiger partial charge in [-0.2, -0.15) is 0 Å². The van der Waals surface area contributed by atoms with E-state index in [9.17, 15) is 4.79 Å². The molecular formula is C20H20ClN5O2. The number of nitrogens with one attached hydrogen (secondary N) is 1. The number of aromatic nitrogens is 3. The lowest BCUT2D eigenvalue weighted by molar-refractivity contribution is 0.101. The number of rotatable bonds is 4. The van der Waals surface area contributed by atoms with Crippen LogP contribution >= 0.6 is 11.6 Å². The zero-order valence-electron chi connectivity index (χ0n) is 15.4. The lowest BCUT2D eigenvalue weighted by atomic mass is 10.2. The Kier molecular flexibility index (Phi) is 5.27. The summed E-state index contributed by atoms with van der Waals surface area (Å²) in [5, 5.41) is 3.43. The topological polar surface area (TPSA) is 72.3 Å². The summed E-state index contributed by atoms with van der Waals surface area (Å²) < 4.78 is 7.14. The number of ether oxygens (including phenoxy) is 1. The fourth-order valence-corrected chi connectivity index (χ4v) is 3.30. The molecule has 1 aliphatic heterocycles. The van der Waals surface area contributed by atoms with Crippen molar-refractivity contribution in [2.24, 2.45) is 7.05 Å². The van der Waals surface area contributed by atoms with Gasteiger partial charge in [0.15, 0.2) is 0 Å². The highest BCUT2D eigenvalue weighted by Crippen LogP contribution is 2.23. The number of anilines is 2. The molecule has 1 aliphatic rings. The molecule has 1 aromatic carbocycles. The predicted octanol–water partition coefficient (Wildman–Crippen LogP) is 3.22. The molecule has 0 aliphatic carbocycles. The monoisotopic (exact) mass is 397 g/mol. The number of hydrogen-bond acceptors (Lipinski definition) is 5. The van der Waals surface area contributed by atoms with E-state index in [-0.39, 0.29) is 5.91 Å². The minimum Gasteiger partial charge on any atom is -0.378 e. The van der Waals surface area contributed by atoms with Crippen molar-refractivity contribution in [3.8, 4) is 11.1 Å². The first kappa shape index (κ1) is 18.5. The van der Waals surface area contributed by atoms with Crippen LogP contribution in [0, 0.1) is 0 Å². The lowest BCUT2D eigenvalue weighted by Crippen LogP contribution is -2.37. The summed E-state index contributed by atoms with van der Waals surface area (Å²) in [4.78, 5) is 23.7. The highest BCUT2D eigenvalue weighted by Gasteiger charge is 2.16. The SMILES string of the molecule is Cn1cc(-c2cnc(N3CCOCC3)nc2)cc1C(=O)Nc1cccc(Cl)c1. The maximum absolute atomic E-state index is 12.6. The molecule has 1 saturated heterocycles. The van der Waals surface area contributed by atoms with Crippen molar-refractivity contribution in [3.63, 3.8) is 0 Å². The Hall–Kier alpha value is -2.90. The molecule has 0 unspecified atom stereocenters. The van der Waals surface area contributed by atoms with Crippen molar-refractivity contribution in [1.29, 1.82) is 0 Å². The molecule has 1 fully saturated rings. The molecular weight excluding hydrogens is 378 g/mol. The third-order valence-electron chi connectivity index (χ3n) is 4.59. The smallest absolute Gasteiger partial charge is 0.272 e. The van der Waals surface area contributed by atoms with Gasteiger partial charge in [-0.15, -0.1) is 0 Å². The summed E-state index contributed by atoms with van der Waals surface area (Å²) in [6, 6.07) is 8.89. The standard InChI is InChI=1S/C20H20ClN5O2/c1-25-13-14(9-18(25)19(27)24-17-4-2-3-16(21)10-17)15-11-22-20(23-12-15)26-5-7-28-8-6-26/h2-4,9-13H,5-8H2,1H3,(H,24,27). The van der Waals surface area contributed by atoms with Crippen LogP contribution < -0.4 is 10.2 Å². The molecule has 0 bridgehead atoms. The van der Waals surface area contributed by atoms with Gasteiger partial charge in [0, 0.05) is 60.6 Å². The van der Waals surface area contributed by atoms with Gasteiger partial charge in [-0.1, -0.05) is 17.7 Å². The number of aryl methyl sites for hydroxylation is 1. The second kappa shape index (κ2) is 8.00. The van der Waals surface area contributed by atoms with Gasteiger partial charge in [0.25, 0.3) is 5.91 Å². The molecule has 4 rings (SSSR count). The normalized spacial score (nSPS) is 14.1. The van der Waals surface area contributed by atoms with Crippen LogP contribution in [-0.2, 0) is 11.8 Å². The molecule has 2 aromatic heterocycles. The summed E-state index contributed by atoms with van der Waals surface area (Å²) in [6.45, 7) is 2.96. The first-order valence-corrected chi connectivity index (χ1v) is 9.36. The van der Waals surface area contributed by atoms with E-state index in [4.69, 9.17) is 16.3 Å². The van der Waals surface area contributed by atoms with Gasteiger partial charge in [0.2, 0.25) is 5.95 Å². The number of hydrogen-bond donors (Lipinski definition) is 1. The quantitative estimate of drug-likeness (QED) is 0.731. The predicted molar refractivity (Wildman–Crippen MR) is 109 cm³/mol. The fourth-order valence-electron chi connectivity index (χ4n) is 3.11. The van der Waals surface area contributed by atoms with E-state index in [1.165, 1.54) is 0 Å². The van der Waals surface area contributed by atoms with Crippen LogP contribution in [0.3, 0.4) is 0 Å². The van der Waals surface area contributed by atoms with E-state index in [1.54, 1.807) is 41.2 Å². The van der Waals surface area contributed by atoms with Gasteiger partial charge >= 0.3 is 0 Å². The number of amides is 1. The zero-order chi connectivity index (χ0) is 19.5. The summed E-state index contributed by atoms with van der Waals surface area (Å²) in [6.07, 6.45) is 5.46. The molecule has 0 spiro atoms. The molecule has 28 heavy (non-hydrogen) atoms. The van der Waals surface area contributed by atoms with E-state index < -0.39 is 0 Å². The minimum atomic E-state index is -0.207. The number of carbonyl (C=O) groups is 1. The lowest BCUT2D eigenvalue weighted by Gasteiger charge is -2.26. The second-order valence-corrected chi connectivity index (χ2v) is 7.00. The highest BCUT2D eigenvalue weighted by atomic mass is 35.5. The summed E-state index contributed by atoms with van der Waals surface area (Å²) in [7, 11) is 1.83. The van der Waals surface area contributed by atoms with Crippen molar-refractivity contribution < 1.29 is 9.53 Å². The van der Waals surface area contributed by atoms with E-state index >= 15 is 0 Å². The van der Waals surface area contributed by atoms with Crippen LogP contribution in [-0.4, -0.2) is 46.7 Å². The molecule has 1 amide bonds. The van der Waals surface area contributed by atoms with Crippen LogP contribution in [0.15, 0.2) is 48.9 Å². The van der Waals surface area contributed by atoms with E-state index in [0.717, 1.165) is 24.2 Å². The minimum absolute atomic E-state index is 0.207. The van der Waals surface area contributed by atoms with Crippen molar-refractivity contribution in [3.05, 3.63) is 59.6 Å². The second-order valence-electron chi connectivity index (χ2n) is 6.56. The van der Waals surface area contributed by atoms with Crippen LogP contribution in [0.1, 0.15) is 10.5 Å². The van der Waals surface area contributed by atoms with Crippen LogP contribution in [0.5, 0.6) is 0 Å². The van der Waals surface area contributed by atoms with Gasteiger partial charge in [-0.25, -0.2) is 9.97 Å². The van der Waals surface area contributed by atoms with Crippen molar-refractivity contribution in [1.82, 2.24) is 14.5 Å². The summed E-state index contributed by atoms with van der Waals surface area (Å²) >= 11 is 5.98. The molecule has 0 saturated carbocycles. The Morgan fingerprint density at radius 3 is 2.61 bits per heavy atom. The Balaban J connectivity index is 1.51. The van der Waals surface area contributed by atoms with Gasteiger partial charge in [-0.05, 0) is 24.3 Å². The molecule has 1 N–H and O–H groups in total. The van der Waals surface area contributed by atoms with Gasteiger partial charge in [0.05, 0.1) is 13.2 Å². The number of benzene rings is 1. The molecule has 3 aromatic rings. The zero-order valence-corrected chi connectivity index (χ0v) is 16.2. The third-order valence-corrected chi connectivity index (χ3v) is 4.82. The van der Waals surface area contributed by atoms with Gasteiger partial charge in [-0.3, -0.25) is 4.79 Å². The van der Waals surface area contributed by atoms with E-state index in [1.807, 2.05) is 19.3 Å². The maximum atomic E-state index is 12.6. The van der Waals surface area contributed by atoms with Crippen molar-refractivity contribution >= 4 is 29.1 Å². The number of morpholine rings is 1. The van der Waals surface area contributed by atoms with E-state index in [2.05, 4.69) is 20.2 Å². The molecule has 3 heterocycles. The number of halogens is 1. The van der Waals surface area contributed by atoms with Crippen molar-refractivity contribution in [2.75, 3.05) is 36.5 Å². The first-order valence-electron chi connectivity index (χ1n) is 8.98. The van der Waals surface area contributed by atoms with Crippen LogP contribution in [0.25, 0.3) is 11.1 Å². The molecule has 8 heteroatoms. The average Bonchev–Trinajstić information content (AvgIpc) is 3.11. The Morgan fingerprint density at radius 1 is 1.14 bits per heavy atom. The first-order chi connectivity index (χ1) is 13.6.